The summed E-state index contributed by atoms with van der Waals surface area (Å²) in [6.45, 7) is 4.24. The zero-order chi connectivity index (χ0) is 18.8. The summed E-state index contributed by atoms with van der Waals surface area (Å²) in [7, 11) is 0. The van der Waals surface area contributed by atoms with E-state index < -0.39 is 0 Å². The summed E-state index contributed by atoms with van der Waals surface area (Å²) in [5.41, 5.74) is 7.94. The molecule has 0 N–H and O–H groups in total. The first-order valence-corrected chi connectivity index (χ1v) is 9.77. The molecule has 0 amide bonds. The molecular formula is C26H20O2. The molecule has 0 radical (unpaired) electrons. The number of para-hydroxylation sites is 2. The molecule has 4 aromatic rings. The minimum atomic E-state index is 0.125. The molecule has 6 rings (SSSR count). The molecule has 1 aliphatic heterocycles. The van der Waals surface area contributed by atoms with E-state index in [1.807, 2.05) is 0 Å². The van der Waals surface area contributed by atoms with Gasteiger partial charge >= 0.3 is 0 Å². The van der Waals surface area contributed by atoms with Gasteiger partial charge in [-0.3, -0.25) is 0 Å². The Morgan fingerprint density at radius 1 is 0.857 bits per heavy atom. The molecule has 2 atom stereocenters. The van der Waals surface area contributed by atoms with Gasteiger partial charge in [-0.25, -0.2) is 0 Å². The SMILES string of the molecule is CC1=CC=CC2c3cc(-c4cccc5c4oc4c(C)cccc45)ccc3OC12. The van der Waals surface area contributed by atoms with Crippen molar-refractivity contribution in [3.05, 3.63) is 89.5 Å². The second kappa shape index (κ2) is 5.62. The van der Waals surface area contributed by atoms with Crippen molar-refractivity contribution in [1.82, 2.24) is 0 Å². The lowest BCUT2D eigenvalue weighted by atomic mass is 9.87. The predicted octanol–water partition coefficient (Wildman–Crippen LogP) is 6.92. The molecule has 0 bridgehead atoms. The number of hydrogen-bond acceptors (Lipinski definition) is 2. The monoisotopic (exact) mass is 364 g/mol. The van der Waals surface area contributed by atoms with Crippen LogP contribution < -0.4 is 4.74 Å². The molecule has 1 aliphatic carbocycles. The molecule has 136 valence electrons. The normalized spacial score (nSPS) is 20.1. The smallest absolute Gasteiger partial charge is 0.143 e. The summed E-state index contributed by atoms with van der Waals surface area (Å²) in [5, 5.41) is 2.35. The molecule has 2 heterocycles. The summed E-state index contributed by atoms with van der Waals surface area (Å²) in [6.07, 6.45) is 6.66. The van der Waals surface area contributed by atoms with Gasteiger partial charge in [0.05, 0.1) is 0 Å². The third-order valence-corrected chi connectivity index (χ3v) is 6.11. The van der Waals surface area contributed by atoms with E-state index >= 15 is 0 Å². The zero-order valence-corrected chi connectivity index (χ0v) is 15.9. The number of rotatable bonds is 1. The second-order valence-electron chi connectivity index (χ2n) is 7.85. The number of ether oxygens (including phenoxy) is 1. The van der Waals surface area contributed by atoms with Gasteiger partial charge < -0.3 is 9.15 Å². The van der Waals surface area contributed by atoms with E-state index in [-0.39, 0.29) is 12.0 Å². The maximum atomic E-state index is 6.36. The molecule has 0 fully saturated rings. The van der Waals surface area contributed by atoms with Gasteiger partial charge in [-0.15, -0.1) is 0 Å². The van der Waals surface area contributed by atoms with Crippen LogP contribution in [0.25, 0.3) is 33.1 Å². The molecule has 2 unspecified atom stereocenters. The van der Waals surface area contributed by atoms with Crippen molar-refractivity contribution in [2.75, 3.05) is 0 Å². The largest absolute Gasteiger partial charge is 0.485 e. The van der Waals surface area contributed by atoms with E-state index in [9.17, 15) is 0 Å². The first-order chi connectivity index (χ1) is 13.7. The van der Waals surface area contributed by atoms with E-state index in [0.717, 1.165) is 22.5 Å². The summed E-state index contributed by atoms with van der Waals surface area (Å²) in [4.78, 5) is 0. The highest BCUT2D eigenvalue weighted by Gasteiger charge is 2.35. The van der Waals surface area contributed by atoms with Gasteiger partial charge in [0, 0.05) is 27.8 Å². The lowest BCUT2D eigenvalue weighted by molar-refractivity contribution is 0.255. The summed E-state index contributed by atoms with van der Waals surface area (Å²) in [5.74, 6) is 1.28. The number of furan rings is 1. The number of allylic oxidation sites excluding steroid dienone is 2. The first kappa shape index (κ1) is 15.8. The van der Waals surface area contributed by atoms with Crippen molar-refractivity contribution in [3.8, 4) is 16.9 Å². The van der Waals surface area contributed by atoms with Gasteiger partial charge in [-0.05, 0) is 42.7 Å². The highest BCUT2D eigenvalue weighted by atomic mass is 16.5. The molecule has 3 aromatic carbocycles. The molecule has 0 spiro atoms. The van der Waals surface area contributed by atoms with E-state index in [1.54, 1.807) is 0 Å². The van der Waals surface area contributed by atoms with Crippen LogP contribution in [0.15, 0.2) is 82.8 Å². The van der Waals surface area contributed by atoms with Gasteiger partial charge in [0.1, 0.15) is 23.0 Å². The fourth-order valence-corrected chi connectivity index (χ4v) is 4.65. The first-order valence-electron chi connectivity index (χ1n) is 9.77. The van der Waals surface area contributed by atoms with Crippen LogP contribution in [0.1, 0.15) is 24.0 Å². The van der Waals surface area contributed by atoms with E-state index in [4.69, 9.17) is 9.15 Å². The predicted molar refractivity (Wildman–Crippen MR) is 114 cm³/mol. The van der Waals surface area contributed by atoms with Crippen molar-refractivity contribution in [1.29, 1.82) is 0 Å². The Morgan fingerprint density at radius 2 is 1.68 bits per heavy atom. The molecule has 1 aromatic heterocycles. The van der Waals surface area contributed by atoms with Gasteiger partial charge in [0.25, 0.3) is 0 Å². The fraction of sp³-hybridized carbons (Fsp3) is 0.154. The van der Waals surface area contributed by atoms with Crippen LogP contribution in [0.5, 0.6) is 5.75 Å². The van der Waals surface area contributed by atoms with Crippen molar-refractivity contribution in [3.63, 3.8) is 0 Å². The quantitative estimate of drug-likeness (QED) is 0.366. The standard InChI is InChI=1S/C26H20O2/c1-15-6-4-10-21-22-14-17(12-13-23(22)27-24(15)21)18-8-5-11-20-19-9-3-7-16(2)25(19)28-26(18)20/h3-14,21,24H,1-2H3. The highest BCUT2D eigenvalue weighted by molar-refractivity contribution is 6.10. The van der Waals surface area contributed by atoms with Gasteiger partial charge in [-0.2, -0.15) is 0 Å². The Morgan fingerprint density at radius 3 is 2.57 bits per heavy atom. The molecule has 2 aliphatic rings. The molecule has 28 heavy (non-hydrogen) atoms. The highest BCUT2D eigenvalue weighted by Crippen LogP contribution is 2.46. The maximum Gasteiger partial charge on any atom is 0.143 e. The van der Waals surface area contributed by atoms with Crippen molar-refractivity contribution >= 4 is 21.9 Å². The van der Waals surface area contributed by atoms with E-state index in [1.165, 1.54) is 33.0 Å². The summed E-state index contributed by atoms with van der Waals surface area (Å²) < 4.78 is 12.6. The van der Waals surface area contributed by atoms with Crippen molar-refractivity contribution < 1.29 is 9.15 Å². The Bertz CT molecular complexity index is 1320. The maximum absolute atomic E-state index is 6.36. The third-order valence-electron chi connectivity index (χ3n) is 6.11. The molecule has 2 heteroatoms. The zero-order valence-electron chi connectivity index (χ0n) is 15.9. The molecule has 0 saturated carbocycles. The molecular weight excluding hydrogens is 344 g/mol. The average Bonchev–Trinajstić information content (AvgIpc) is 3.28. The minimum absolute atomic E-state index is 0.125. The van der Waals surface area contributed by atoms with Crippen LogP contribution in [-0.2, 0) is 0 Å². The Kier molecular flexibility index (Phi) is 3.16. The number of benzene rings is 3. The van der Waals surface area contributed by atoms with Crippen LogP contribution in [-0.4, -0.2) is 6.10 Å². The number of aryl methyl sites for hydroxylation is 1. The Labute approximate surface area is 163 Å². The van der Waals surface area contributed by atoms with Crippen LogP contribution in [0, 0.1) is 6.92 Å². The lowest BCUT2D eigenvalue weighted by Crippen LogP contribution is -2.20. The van der Waals surface area contributed by atoms with E-state index in [0.29, 0.717) is 0 Å². The third kappa shape index (κ3) is 2.09. The summed E-state index contributed by atoms with van der Waals surface area (Å²) >= 11 is 0. The van der Waals surface area contributed by atoms with Crippen LogP contribution in [0.3, 0.4) is 0 Å². The van der Waals surface area contributed by atoms with Crippen molar-refractivity contribution in [2.45, 2.75) is 25.9 Å². The van der Waals surface area contributed by atoms with Crippen molar-refractivity contribution in [2.24, 2.45) is 0 Å². The van der Waals surface area contributed by atoms with Gasteiger partial charge in [-0.1, -0.05) is 60.7 Å². The number of fused-ring (bicyclic) bond motifs is 6. The van der Waals surface area contributed by atoms with E-state index in [2.05, 4.69) is 86.7 Å². The van der Waals surface area contributed by atoms with Crippen LogP contribution in [0.4, 0.5) is 0 Å². The fourth-order valence-electron chi connectivity index (χ4n) is 4.65. The van der Waals surface area contributed by atoms with Gasteiger partial charge in [0.2, 0.25) is 0 Å². The lowest BCUT2D eigenvalue weighted by Gasteiger charge is -2.19. The average molecular weight is 364 g/mol. The summed E-state index contributed by atoms with van der Waals surface area (Å²) in [6, 6.07) is 19.3. The topological polar surface area (TPSA) is 22.4 Å². The molecule has 0 saturated heterocycles. The number of hydrogen-bond donors (Lipinski definition) is 0. The van der Waals surface area contributed by atoms with Gasteiger partial charge in [0.15, 0.2) is 0 Å². The Balaban J connectivity index is 1.55. The van der Waals surface area contributed by atoms with Crippen LogP contribution in [0.2, 0.25) is 0 Å². The van der Waals surface area contributed by atoms with Crippen LogP contribution >= 0.6 is 0 Å². The Hall–Kier alpha value is -3.26. The second-order valence-corrected chi connectivity index (χ2v) is 7.85. The molecule has 2 nitrogen and oxygen atoms in total. The minimum Gasteiger partial charge on any atom is -0.485 e.